The fourth-order valence-electron chi connectivity index (χ4n) is 7.56. The Morgan fingerprint density at radius 2 is 1.82 bits per heavy atom. The molecular formula is C30H45N3O4S. The highest BCUT2D eigenvalue weighted by Gasteiger charge is 2.76. The fraction of sp³-hybridized carbons (Fsp3) is 0.700. The van der Waals surface area contributed by atoms with Crippen LogP contribution >= 0.6 is 11.8 Å². The van der Waals surface area contributed by atoms with Gasteiger partial charge in [0.1, 0.15) is 6.04 Å². The maximum absolute atomic E-state index is 14.4. The van der Waals surface area contributed by atoms with Gasteiger partial charge in [0.15, 0.2) is 0 Å². The number of hydrogen-bond donors (Lipinski definition) is 3. The quantitative estimate of drug-likeness (QED) is 0.439. The second-order valence-electron chi connectivity index (χ2n) is 13.3. The second-order valence-corrected chi connectivity index (χ2v) is 14.9. The minimum absolute atomic E-state index is 0.000133. The van der Waals surface area contributed by atoms with Gasteiger partial charge in [-0.05, 0) is 50.0 Å². The van der Waals surface area contributed by atoms with Crippen LogP contribution in [0.2, 0.25) is 0 Å². The third-order valence-electron chi connectivity index (χ3n) is 8.41. The molecule has 0 saturated carbocycles. The van der Waals surface area contributed by atoms with Gasteiger partial charge in [0.25, 0.3) is 0 Å². The van der Waals surface area contributed by atoms with Gasteiger partial charge in [0.2, 0.25) is 17.7 Å². The van der Waals surface area contributed by atoms with Gasteiger partial charge in [-0.2, -0.15) is 0 Å². The summed E-state index contributed by atoms with van der Waals surface area (Å²) in [5.74, 6) is -1.49. The Bertz CT molecular complexity index is 1060. The second kappa shape index (κ2) is 10.5. The molecule has 3 fully saturated rings. The molecule has 4 rings (SSSR count). The van der Waals surface area contributed by atoms with E-state index in [2.05, 4.69) is 38.3 Å². The summed E-state index contributed by atoms with van der Waals surface area (Å²) in [5, 5.41) is 16.9. The summed E-state index contributed by atoms with van der Waals surface area (Å²) in [6, 6.07) is 7.97. The van der Waals surface area contributed by atoms with Gasteiger partial charge in [0.05, 0.1) is 29.2 Å². The van der Waals surface area contributed by atoms with E-state index in [0.717, 1.165) is 24.8 Å². The first kappa shape index (κ1) is 28.9. The van der Waals surface area contributed by atoms with Gasteiger partial charge in [0, 0.05) is 17.3 Å². The van der Waals surface area contributed by atoms with E-state index in [1.165, 1.54) is 0 Å². The molecule has 7 nitrogen and oxygen atoms in total. The van der Waals surface area contributed by atoms with Crippen molar-refractivity contribution in [3.63, 3.8) is 0 Å². The summed E-state index contributed by atoms with van der Waals surface area (Å²) in [7, 11) is 0. The zero-order valence-corrected chi connectivity index (χ0v) is 24.7. The van der Waals surface area contributed by atoms with Gasteiger partial charge in [-0.1, -0.05) is 65.0 Å². The molecule has 0 aliphatic carbocycles. The van der Waals surface area contributed by atoms with Crippen LogP contribution in [0.3, 0.4) is 0 Å². The molecule has 38 heavy (non-hydrogen) atoms. The highest BCUT2D eigenvalue weighted by molar-refractivity contribution is 8.02. The third-order valence-corrected chi connectivity index (χ3v) is 10.5. The molecule has 1 aromatic carbocycles. The lowest BCUT2D eigenvalue weighted by molar-refractivity contribution is -0.143. The van der Waals surface area contributed by atoms with Crippen molar-refractivity contribution in [3.05, 3.63) is 35.9 Å². The van der Waals surface area contributed by atoms with Gasteiger partial charge in [-0.25, -0.2) is 0 Å². The van der Waals surface area contributed by atoms with Crippen LogP contribution in [-0.2, 0) is 14.4 Å². The minimum Gasteiger partial charge on any atom is -0.394 e. The molecule has 210 valence electrons. The average Bonchev–Trinajstić information content (AvgIpc) is 3.41. The first-order chi connectivity index (χ1) is 17.8. The molecule has 1 aromatic rings. The molecule has 0 aromatic heterocycles. The van der Waals surface area contributed by atoms with Crippen LogP contribution in [0.25, 0.3) is 0 Å². The van der Waals surface area contributed by atoms with Crippen LogP contribution in [0.5, 0.6) is 0 Å². The van der Waals surface area contributed by atoms with Crippen LogP contribution in [-0.4, -0.2) is 62.5 Å². The molecule has 3 unspecified atom stereocenters. The van der Waals surface area contributed by atoms with Crippen LogP contribution in [0.4, 0.5) is 0 Å². The van der Waals surface area contributed by atoms with Gasteiger partial charge >= 0.3 is 0 Å². The standard InChI is InChI=1S/C30H45N3O4S/c1-8-14-31-25(35)22-21-15-18(2)30(38-21)23(22)27(37)33(20(16-34)19-12-10-9-11-13-19)24(30)26(36)32-29(6,7)17-28(3,4)5/h9-13,18,20-24,34H,8,14-17H2,1-7H3,(H,31,35)(H,32,36)/t18?,20-,21-,22+,23+,24?,30?/m1/s1. The number of aliphatic hydroxyl groups is 1. The number of thioether (sulfide) groups is 1. The van der Waals surface area contributed by atoms with E-state index in [-0.39, 0.29) is 40.9 Å². The lowest BCUT2D eigenvalue weighted by atomic mass is 9.65. The van der Waals surface area contributed by atoms with Crippen LogP contribution in [0.1, 0.15) is 79.3 Å². The van der Waals surface area contributed by atoms with Gasteiger partial charge in [-0.15, -0.1) is 11.8 Å². The van der Waals surface area contributed by atoms with Crippen molar-refractivity contribution in [2.24, 2.45) is 23.2 Å². The van der Waals surface area contributed by atoms with E-state index >= 15 is 0 Å². The molecule has 3 aliphatic heterocycles. The molecule has 7 atom stereocenters. The van der Waals surface area contributed by atoms with Crippen molar-refractivity contribution >= 4 is 29.5 Å². The van der Waals surface area contributed by atoms with E-state index in [1.54, 1.807) is 16.7 Å². The maximum atomic E-state index is 14.4. The number of hydrogen-bond acceptors (Lipinski definition) is 5. The minimum atomic E-state index is -0.787. The van der Waals surface area contributed by atoms with Crippen molar-refractivity contribution in [3.8, 4) is 0 Å². The van der Waals surface area contributed by atoms with Crippen molar-refractivity contribution in [2.45, 2.75) is 95.3 Å². The van der Waals surface area contributed by atoms with Crippen LogP contribution in [0, 0.1) is 23.2 Å². The molecule has 3 aliphatic rings. The number of benzene rings is 1. The zero-order valence-electron chi connectivity index (χ0n) is 23.9. The average molecular weight is 544 g/mol. The molecule has 1 spiro atoms. The molecule has 8 heteroatoms. The lowest BCUT2D eigenvalue weighted by Gasteiger charge is -2.42. The van der Waals surface area contributed by atoms with Gasteiger partial charge in [-0.3, -0.25) is 14.4 Å². The Hall–Kier alpha value is -2.06. The molecule has 3 N–H and O–H groups in total. The van der Waals surface area contributed by atoms with Crippen molar-refractivity contribution in [1.82, 2.24) is 15.5 Å². The topological polar surface area (TPSA) is 98.7 Å². The maximum Gasteiger partial charge on any atom is 0.244 e. The summed E-state index contributed by atoms with van der Waals surface area (Å²) in [6.07, 6.45) is 2.37. The number of carbonyl (C=O) groups excluding carboxylic acids is 3. The molecule has 3 heterocycles. The van der Waals surface area contributed by atoms with Crippen LogP contribution in [0.15, 0.2) is 30.3 Å². The molecule has 2 bridgehead atoms. The van der Waals surface area contributed by atoms with E-state index in [9.17, 15) is 19.5 Å². The molecule has 0 radical (unpaired) electrons. The first-order valence-electron chi connectivity index (χ1n) is 14.0. The van der Waals surface area contributed by atoms with Crippen molar-refractivity contribution in [1.29, 1.82) is 0 Å². The Labute approximate surface area is 231 Å². The number of nitrogens with one attached hydrogen (secondary N) is 2. The normalized spacial score (nSPS) is 31.3. The lowest BCUT2D eigenvalue weighted by Crippen LogP contribution is -2.60. The third kappa shape index (κ3) is 4.99. The zero-order chi connectivity index (χ0) is 28.0. The van der Waals surface area contributed by atoms with E-state index < -0.39 is 34.2 Å². The first-order valence-corrected chi connectivity index (χ1v) is 14.9. The van der Waals surface area contributed by atoms with E-state index in [0.29, 0.717) is 6.54 Å². The highest BCUT2D eigenvalue weighted by atomic mass is 32.2. The number of nitrogens with zero attached hydrogens (tertiary/aromatic N) is 1. The smallest absolute Gasteiger partial charge is 0.244 e. The monoisotopic (exact) mass is 543 g/mol. The van der Waals surface area contributed by atoms with Gasteiger partial charge < -0.3 is 20.6 Å². The number of carbonyl (C=O) groups is 3. The van der Waals surface area contributed by atoms with E-state index in [1.807, 2.05) is 51.1 Å². The Morgan fingerprint density at radius 1 is 1.16 bits per heavy atom. The van der Waals surface area contributed by atoms with Crippen molar-refractivity contribution in [2.75, 3.05) is 13.2 Å². The molecule has 3 saturated heterocycles. The predicted molar refractivity (Wildman–Crippen MR) is 151 cm³/mol. The Balaban J connectivity index is 1.80. The number of likely N-dealkylation sites (tertiary alicyclic amines) is 1. The summed E-state index contributed by atoms with van der Waals surface area (Å²) in [5.41, 5.74) is 0.282. The Kier molecular flexibility index (Phi) is 7.99. The SMILES string of the molecule is CCCNC(=O)[C@@H]1[C@H]2C(=O)N([C@H](CO)c3ccccc3)C(C(=O)NC(C)(C)CC(C)(C)C)C23S[C@@H]1CC3C. The summed E-state index contributed by atoms with van der Waals surface area (Å²) >= 11 is 1.67. The molecule has 3 amide bonds. The fourth-order valence-corrected chi connectivity index (χ4v) is 9.97. The van der Waals surface area contributed by atoms with Crippen LogP contribution < -0.4 is 10.6 Å². The summed E-state index contributed by atoms with van der Waals surface area (Å²) in [4.78, 5) is 43.9. The number of rotatable bonds is 9. The van der Waals surface area contributed by atoms with E-state index in [4.69, 9.17) is 0 Å². The summed E-state index contributed by atoms with van der Waals surface area (Å²) < 4.78 is -0.722. The summed E-state index contributed by atoms with van der Waals surface area (Å²) in [6.45, 7) is 14.9. The predicted octanol–water partition coefficient (Wildman–Crippen LogP) is 3.91. The highest BCUT2D eigenvalue weighted by Crippen LogP contribution is 2.69. The van der Waals surface area contributed by atoms with Crippen molar-refractivity contribution < 1.29 is 19.5 Å². The number of aliphatic hydroxyl groups excluding tert-OH is 1. The Morgan fingerprint density at radius 3 is 2.39 bits per heavy atom. The largest absolute Gasteiger partial charge is 0.394 e. The number of amides is 3. The molecular weight excluding hydrogens is 498 g/mol. The number of fused-ring (bicyclic) bond motifs is 1.